The number of benzene rings is 2. The largest absolute Gasteiger partial charge is 0.497 e. The molecule has 0 saturated carbocycles. The van der Waals surface area contributed by atoms with Crippen LogP contribution < -0.4 is 14.2 Å². The molecule has 23 heavy (non-hydrogen) atoms. The van der Waals surface area contributed by atoms with Gasteiger partial charge in [0, 0.05) is 17.2 Å². The van der Waals surface area contributed by atoms with Gasteiger partial charge >= 0.3 is 0 Å². The molecule has 1 heterocycles. The van der Waals surface area contributed by atoms with Crippen molar-refractivity contribution in [1.29, 1.82) is 0 Å². The molecule has 118 valence electrons. The number of methoxy groups -OCH3 is 2. The molecule has 0 saturated heterocycles. The number of ether oxygens (including phenoxy) is 3. The summed E-state index contributed by atoms with van der Waals surface area (Å²) in [6.07, 6.45) is 0.718. The van der Waals surface area contributed by atoms with Crippen LogP contribution in [0.25, 0.3) is 6.08 Å². The van der Waals surface area contributed by atoms with Crippen molar-refractivity contribution in [3.8, 4) is 17.2 Å². The Bertz CT molecular complexity index is 767. The molecule has 3 rings (SSSR count). The van der Waals surface area contributed by atoms with E-state index in [1.165, 1.54) is 13.2 Å². The fourth-order valence-corrected chi connectivity index (χ4v) is 2.51. The fraction of sp³-hybridized carbons (Fsp3) is 0.176. The number of nitrogens with zero attached hydrogens (tertiary/aromatic N) is 1. The molecule has 0 fully saturated rings. The lowest BCUT2D eigenvalue weighted by atomic mass is 10.0. The zero-order valence-electron chi connectivity index (χ0n) is 12.7. The highest BCUT2D eigenvalue weighted by molar-refractivity contribution is 5.66. The second-order valence-corrected chi connectivity index (χ2v) is 4.98. The first-order valence-electron chi connectivity index (χ1n) is 6.97. The molecule has 0 bridgehead atoms. The predicted octanol–water partition coefficient (Wildman–Crippen LogP) is 3.46. The zero-order chi connectivity index (χ0) is 16.4. The Kier molecular flexibility index (Phi) is 3.89. The van der Waals surface area contributed by atoms with Crippen molar-refractivity contribution in [3.63, 3.8) is 0 Å². The Hall–Kier alpha value is -3.02. The summed E-state index contributed by atoms with van der Waals surface area (Å²) in [6, 6.07) is 12.3. The minimum absolute atomic E-state index is 0.0177. The Morgan fingerprint density at radius 2 is 1.83 bits per heavy atom. The van der Waals surface area contributed by atoms with Gasteiger partial charge in [-0.05, 0) is 18.2 Å². The van der Waals surface area contributed by atoms with E-state index in [0.717, 1.165) is 0 Å². The topological polar surface area (TPSA) is 70.8 Å². The van der Waals surface area contributed by atoms with Crippen LogP contribution in [0.1, 0.15) is 17.2 Å². The van der Waals surface area contributed by atoms with Crippen LogP contribution in [0.5, 0.6) is 17.2 Å². The summed E-state index contributed by atoms with van der Waals surface area (Å²) in [5.41, 5.74) is 1.28. The van der Waals surface area contributed by atoms with E-state index in [0.29, 0.717) is 28.4 Å². The molecule has 1 atom stereocenters. The number of hydrogen-bond donors (Lipinski definition) is 0. The van der Waals surface area contributed by atoms with E-state index >= 15 is 0 Å². The van der Waals surface area contributed by atoms with E-state index in [9.17, 15) is 10.1 Å². The third kappa shape index (κ3) is 2.70. The van der Waals surface area contributed by atoms with Gasteiger partial charge in [0.15, 0.2) is 11.5 Å². The van der Waals surface area contributed by atoms with E-state index in [1.807, 2.05) is 0 Å². The van der Waals surface area contributed by atoms with Crippen molar-refractivity contribution in [3.05, 3.63) is 69.4 Å². The summed E-state index contributed by atoms with van der Waals surface area (Å²) >= 11 is 0. The van der Waals surface area contributed by atoms with Crippen LogP contribution in [0.2, 0.25) is 0 Å². The van der Waals surface area contributed by atoms with Gasteiger partial charge in [-0.25, -0.2) is 0 Å². The van der Waals surface area contributed by atoms with Gasteiger partial charge in [0.25, 0.3) is 5.70 Å². The summed E-state index contributed by atoms with van der Waals surface area (Å²) < 4.78 is 16.3. The highest BCUT2D eigenvalue weighted by atomic mass is 16.6. The van der Waals surface area contributed by atoms with Crippen molar-refractivity contribution in [2.45, 2.75) is 6.10 Å². The van der Waals surface area contributed by atoms with Gasteiger partial charge in [-0.15, -0.1) is 0 Å². The predicted molar refractivity (Wildman–Crippen MR) is 84.3 cm³/mol. The molecule has 2 aromatic rings. The molecular weight excluding hydrogens is 298 g/mol. The molecule has 0 aliphatic carbocycles. The van der Waals surface area contributed by atoms with Crippen LogP contribution in [-0.2, 0) is 0 Å². The van der Waals surface area contributed by atoms with Gasteiger partial charge in [0.1, 0.15) is 5.75 Å². The molecule has 6 nitrogen and oxygen atoms in total. The second-order valence-electron chi connectivity index (χ2n) is 4.98. The molecule has 6 heteroatoms. The van der Waals surface area contributed by atoms with Gasteiger partial charge in [0.05, 0.1) is 19.1 Å². The maximum Gasteiger partial charge on any atom is 0.291 e. The Labute approximate surface area is 133 Å². The van der Waals surface area contributed by atoms with Crippen molar-refractivity contribution in [2.75, 3.05) is 14.2 Å². The zero-order valence-corrected chi connectivity index (χ0v) is 12.7. The van der Waals surface area contributed by atoms with Crippen molar-refractivity contribution >= 4 is 6.08 Å². The van der Waals surface area contributed by atoms with Gasteiger partial charge < -0.3 is 14.2 Å². The maximum atomic E-state index is 11.4. The Balaban J connectivity index is 2.07. The lowest BCUT2D eigenvalue weighted by Gasteiger charge is -2.24. The lowest BCUT2D eigenvalue weighted by molar-refractivity contribution is -0.434. The van der Waals surface area contributed by atoms with E-state index in [-0.39, 0.29) is 5.70 Å². The fourth-order valence-electron chi connectivity index (χ4n) is 2.51. The molecular formula is C17H15NO5. The summed E-state index contributed by atoms with van der Waals surface area (Å²) in [7, 11) is 3.10. The smallest absolute Gasteiger partial charge is 0.291 e. The monoisotopic (exact) mass is 313 g/mol. The van der Waals surface area contributed by atoms with Crippen molar-refractivity contribution < 1.29 is 19.1 Å². The average molecular weight is 313 g/mol. The van der Waals surface area contributed by atoms with Crippen molar-refractivity contribution in [1.82, 2.24) is 0 Å². The number of para-hydroxylation sites is 1. The number of rotatable bonds is 4. The van der Waals surface area contributed by atoms with Gasteiger partial charge in [-0.1, -0.05) is 24.3 Å². The van der Waals surface area contributed by atoms with Crippen LogP contribution in [0.4, 0.5) is 0 Å². The summed E-state index contributed by atoms with van der Waals surface area (Å²) in [4.78, 5) is 11.0. The van der Waals surface area contributed by atoms with Crippen LogP contribution in [0, 0.1) is 10.1 Å². The van der Waals surface area contributed by atoms with Gasteiger partial charge in [-0.3, -0.25) is 10.1 Å². The van der Waals surface area contributed by atoms with Gasteiger partial charge in [0.2, 0.25) is 6.10 Å². The molecule has 1 aliphatic rings. The summed E-state index contributed by atoms with van der Waals surface area (Å²) in [6.45, 7) is 0. The van der Waals surface area contributed by atoms with E-state index in [2.05, 4.69) is 0 Å². The third-order valence-electron chi connectivity index (χ3n) is 3.67. The Morgan fingerprint density at radius 1 is 1.09 bits per heavy atom. The standard InChI is InChI=1S/C17H15NO5/c1-21-13-8-6-11(7-9-13)16-14(18(19)20)10-12-4-3-5-15(22-2)17(12)23-16/h3-10,16H,1-2H3. The molecule has 2 aromatic carbocycles. The first-order valence-corrected chi connectivity index (χ1v) is 6.97. The number of hydrogen-bond acceptors (Lipinski definition) is 5. The quantitative estimate of drug-likeness (QED) is 0.638. The molecule has 0 amide bonds. The molecule has 0 N–H and O–H groups in total. The highest BCUT2D eigenvalue weighted by Crippen LogP contribution is 2.42. The molecule has 0 aromatic heterocycles. The molecule has 1 unspecified atom stereocenters. The third-order valence-corrected chi connectivity index (χ3v) is 3.67. The summed E-state index contributed by atoms with van der Waals surface area (Å²) in [5, 5.41) is 11.4. The lowest BCUT2D eigenvalue weighted by Crippen LogP contribution is -2.20. The van der Waals surface area contributed by atoms with Crippen LogP contribution in [0.15, 0.2) is 48.2 Å². The average Bonchev–Trinajstić information content (AvgIpc) is 2.60. The second kappa shape index (κ2) is 6.00. The summed E-state index contributed by atoms with van der Waals surface area (Å²) in [5.74, 6) is 1.72. The molecule has 0 radical (unpaired) electrons. The SMILES string of the molecule is COc1ccc(C2Oc3c(cccc3OC)C=C2[N+](=O)[O-])cc1. The van der Waals surface area contributed by atoms with E-state index in [4.69, 9.17) is 14.2 Å². The van der Waals surface area contributed by atoms with Gasteiger partial charge in [-0.2, -0.15) is 0 Å². The minimum Gasteiger partial charge on any atom is -0.497 e. The Morgan fingerprint density at radius 3 is 2.43 bits per heavy atom. The van der Waals surface area contributed by atoms with E-state index < -0.39 is 11.0 Å². The van der Waals surface area contributed by atoms with Crippen LogP contribution >= 0.6 is 0 Å². The molecule has 1 aliphatic heterocycles. The molecule has 0 spiro atoms. The number of fused-ring (bicyclic) bond motifs is 1. The van der Waals surface area contributed by atoms with E-state index in [1.54, 1.807) is 49.6 Å². The number of nitro groups is 1. The van der Waals surface area contributed by atoms with Crippen LogP contribution in [0.3, 0.4) is 0 Å². The maximum absolute atomic E-state index is 11.4. The first kappa shape index (κ1) is 14.9. The normalized spacial score (nSPS) is 15.9. The highest BCUT2D eigenvalue weighted by Gasteiger charge is 2.34. The minimum atomic E-state index is -0.806. The van der Waals surface area contributed by atoms with Crippen molar-refractivity contribution in [2.24, 2.45) is 0 Å². The first-order chi connectivity index (χ1) is 11.1. The van der Waals surface area contributed by atoms with Crippen LogP contribution in [-0.4, -0.2) is 19.1 Å².